The number of nitrogens with one attached hydrogen (secondary N) is 1. The average molecular weight is 502 g/mol. The Hall–Kier alpha value is -4.51. The monoisotopic (exact) mass is 501 g/mol. The third kappa shape index (κ3) is 5.42. The zero-order valence-corrected chi connectivity index (χ0v) is 21.9. The number of carbonyl (C=O) groups is 2. The van der Waals surface area contributed by atoms with Crippen molar-refractivity contribution in [3.63, 3.8) is 0 Å². The molecule has 5 rings (SSSR count). The first-order chi connectivity index (χ1) is 18.4. The van der Waals surface area contributed by atoms with Crippen LogP contribution in [0.15, 0.2) is 97.2 Å². The number of hydrogen-bond donors (Lipinski definition) is 1. The number of hydrogen-bond acceptors (Lipinski definition) is 3. The van der Waals surface area contributed by atoms with Crippen LogP contribution in [0.3, 0.4) is 0 Å². The molecule has 5 nitrogen and oxygen atoms in total. The smallest absolute Gasteiger partial charge is 0.220 e. The molecule has 0 bridgehead atoms. The molecule has 0 aliphatic heterocycles. The van der Waals surface area contributed by atoms with Crippen LogP contribution in [0.5, 0.6) is 0 Å². The first-order valence-corrected chi connectivity index (χ1v) is 12.9. The Morgan fingerprint density at radius 3 is 2.18 bits per heavy atom. The topological polar surface area (TPSA) is 63.5 Å². The van der Waals surface area contributed by atoms with Crippen LogP contribution in [0.25, 0.3) is 28.0 Å². The fraction of sp³-hybridized carbons (Fsp3) is 0.182. The van der Waals surface area contributed by atoms with Crippen molar-refractivity contribution < 1.29 is 9.59 Å². The number of imidazole rings is 1. The highest BCUT2D eigenvalue weighted by Crippen LogP contribution is 2.29. The minimum absolute atomic E-state index is 0.00198. The van der Waals surface area contributed by atoms with Crippen molar-refractivity contribution in [2.24, 2.45) is 0 Å². The molecule has 1 unspecified atom stereocenters. The lowest BCUT2D eigenvalue weighted by Gasteiger charge is -2.14. The Bertz CT molecular complexity index is 1580. The maximum atomic E-state index is 13.0. The third-order valence-corrected chi connectivity index (χ3v) is 6.93. The van der Waals surface area contributed by atoms with Crippen molar-refractivity contribution >= 4 is 17.3 Å². The van der Waals surface area contributed by atoms with Crippen LogP contribution < -0.4 is 5.32 Å². The number of rotatable bonds is 8. The molecule has 1 atom stereocenters. The lowest BCUT2D eigenvalue weighted by Crippen LogP contribution is -2.26. The second-order valence-electron chi connectivity index (χ2n) is 9.75. The van der Waals surface area contributed by atoms with Gasteiger partial charge in [0.25, 0.3) is 0 Å². The van der Waals surface area contributed by atoms with Crippen molar-refractivity contribution in [2.45, 2.75) is 39.7 Å². The molecular formula is C33H31N3O2. The van der Waals surface area contributed by atoms with Gasteiger partial charge < -0.3 is 9.72 Å². The van der Waals surface area contributed by atoms with E-state index in [1.165, 1.54) is 5.56 Å². The van der Waals surface area contributed by atoms with Gasteiger partial charge in [-0.15, -0.1) is 0 Å². The van der Waals surface area contributed by atoms with Crippen molar-refractivity contribution in [3.05, 3.63) is 120 Å². The van der Waals surface area contributed by atoms with Crippen molar-refractivity contribution in [1.29, 1.82) is 0 Å². The predicted octanol–water partition coefficient (Wildman–Crippen LogP) is 6.99. The molecule has 1 amide bonds. The number of aromatic nitrogens is 2. The van der Waals surface area contributed by atoms with E-state index in [0.29, 0.717) is 18.4 Å². The molecule has 0 aliphatic carbocycles. The molecule has 0 spiro atoms. The van der Waals surface area contributed by atoms with E-state index in [2.05, 4.69) is 47.1 Å². The highest BCUT2D eigenvalue weighted by atomic mass is 16.1. The Morgan fingerprint density at radius 1 is 0.842 bits per heavy atom. The number of carbonyl (C=O) groups excluding carboxylic acids is 2. The van der Waals surface area contributed by atoms with Crippen LogP contribution in [0.4, 0.5) is 0 Å². The van der Waals surface area contributed by atoms with Crippen LogP contribution in [0.2, 0.25) is 0 Å². The summed E-state index contributed by atoms with van der Waals surface area (Å²) in [6.07, 6.45) is 2.97. The molecule has 3 aromatic carbocycles. The van der Waals surface area contributed by atoms with Gasteiger partial charge in [0.15, 0.2) is 5.78 Å². The van der Waals surface area contributed by atoms with E-state index in [1.807, 2.05) is 73.7 Å². The molecule has 5 heteroatoms. The minimum Gasteiger partial charge on any atom is -0.350 e. The summed E-state index contributed by atoms with van der Waals surface area (Å²) in [4.78, 5) is 29.6. The fourth-order valence-corrected chi connectivity index (χ4v) is 4.71. The SMILES string of the molecule is CC(=O)c1ccc(-c2ccc3nc(-c4ccc(C)cc4)c(CCC(=O)NC(C)c4ccccc4)n3c2)cc1. The van der Waals surface area contributed by atoms with Gasteiger partial charge in [-0.25, -0.2) is 4.98 Å². The number of amides is 1. The van der Waals surface area contributed by atoms with Crippen molar-refractivity contribution in [1.82, 2.24) is 14.7 Å². The number of pyridine rings is 1. The maximum Gasteiger partial charge on any atom is 0.220 e. The first-order valence-electron chi connectivity index (χ1n) is 12.9. The largest absolute Gasteiger partial charge is 0.350 e. The lowest BCUT2D eigenvalue weighted by molar-refractivity contribution is -0.121. The summed E-state index contributed by atoms with van der Waals surface area (Å²) in [6.45, 7) is 5.64. The van der Waals surface area contributed by atoms with Gasteiger partial charge in [0.1, 0.15) is 5.65 Å². The number of nitrogens with zero attached hydrogens (tertiary/aromatic N) is 2. The van der Waals surface area contributed by atoms with Gasteiger partial charge in [0.2, 0.25) is 5.91 Å². The second-order valence-corrected chi connectivity index (χ2v) is 9.75. The van der Waals surface area contributed by atoms with E-state index in [4.69, 9.17) is 4.98 Å². The van der Waals surface area contributed by atoms with Crippen LogP contribution in [0.1, 0.15) is 53.5 Å². The zero-order chi connectivity index (χ0) is 26.6. The Morgan fingerprint density at radius 2 is 1.50 bits per heavy atom. The maximum absolute atomic E-state index is 13.0. The van der Waals surface area contributed by atoms with Crippen LogP contribution >= 0.6 is 0 Å². The molecule has 0 saturated carbocycles. The highest BCUT2D eigenvalue weighted by molar-refractivity contribution is 5.94. The van der Waals surface area contributed by atoms with Gasteiger partial charge in [0, 0.05) is 23.7 Å². The number of fused-ring (bicyclic) bond motifs is 1. The normalized spacial score (nSPS) is 11.9. The van der Waals surface area contributed by atoms with Crippen LogP contribution in [-0.2, 0) is 11.2 Å². The minimum atomic E-state index is -0.0629. The summed E-state index contributed by atoms with van der Waals surface area (Å²) < 4.78 is 2.09. The van der Waals surface area contributed by atoms with Crippen LogP contribution in [-0.4, -0.2) is 21.1 Å². The number of benzene rings is 3. The Balaban J connectivity index is 1.47. The van der Waals surface area contributed by atoms with Gasteiger partial charge >= 0.3 is 0 Å². The summed E-state index contributed by atoms with van der Waals surface area (Å²) in [5, 5.41) is 3.13. The number of ketones is 1. The van der Waals surface area contributed by atoms with E-state index in [9.17, 15) is 9.59 Å². The van der Waals surface area contributed by atoms with Gasteiger partial charge in [-0.05, 0) is 56.0 Å². The average Bonchev–Trinajstić information content (AvgIpc) is 3.30. The standard InChI is InChI=1S/C33H31N3O2/c1-22-9-11-28(12-10-22)33-30(18-20-32(38)34-23(2)25-7-5-4-6-8-25)36-21-29(17-19-31(36)35-33)27-15-13-26(14-16-27)24(3)37/h4-17,19,21,23H,18,20H2,1-3H3,(H,34,38). The van der Waals surface area contributed by atoms with Crippen molar-refractivity contribution in [3.8, 4) is 22.4 Å². The fourth-order valence-electron chi connectivity index (χ4n) is 4.71. The van der Waals surface area contributed by atoms with E-state index < -0.39 is 0 Å². The third-order valence-electron chi connectivity index (χ3n) is 6.93. The van der Waals surface area contributed by atoms with Gasteiger partial charge in [0.05, 0.1) is 17.4 Å². The summed E-state index contributed by atoms with van der Waals surface area (Å²) in [7, 11) is 0. The number of Topliss-reactive ketones (excluding diaryl/α,β-unsaturated/α-hetero) is 1. The molecule has 5 aromatic rings. The molecule has 2 heterocycles. The molecule has 0 fully saturated rings. The van der Waals surface area contributed by atoms with E-state index in [0.717, 1.165) is 39.3 Å². The van der Waals surface area contributed by atoms with Gasteiger partial charge in [-0.3, -0.25) is 9.59 Å². The molecule has 2 aromatic heterocycles. The zero-order valence-electron chi connectivity index (χ0n) is 21.9. The summed E-state index contributed by atoms with van der Waals surface area (Å²) >= 11 is 0. The molecule has 0 saturated heterocycles. The van der Waals surface area contributed by atoms with E-state index in [-0.39, 0.29) is 17.7 Å². The predicted molar refractivity (Wildman–Crippen MR) is 152 cm³/mol. The molecule has 1 N–H and O–H groups in total. The summed E-state index contributed by atoms with van der Waals surface area (Å²) in [5.41, 5.74) is 8.73. The van der Waals surface area contributed by atoms with Crippen LogP contribution in [0, 0.1) is 6.92 Å². The Labute approximate surface area is 223 Å². The first kappa shape index (κ1) is 25.2. The van der Waals surface area contributed by atoms with Crippen molar-refractivity contribution in [2.75, 3.05) is 0 Å². The Kier molecular flexibility index (Phi) is 7.18. The quantitative estimate of drug-likeness (QED) is 0.233. The number of aryl methyl sites for hydroxylation is 2. The van der Waals surface area contributed by atoms with E-state index >= 15 is 0 Å². The molecular weight excluding hydrogens is 470 g/mol. The summed E-state index contributed by atoms with van der Waals surface area (Å²) in [6, 6.07) is 29.9. The lowest BCUT2D eigenvalue weighted by atomic mass is 10.0. The molecule has 38 heavy (non-hydrogen) atoms. The second kappa shape index (κ2) is 10.9. The highest BCUT2D eigenvalue weighted by Gasteiger charge is 2.17. The molecule has 0 radical (unpaired) electrons. The molecule has 0 aliphatic rings. The van der Waals surface area contributed by atoms with E-state index in [1.54, 1.807) is 6.92 Å². The van der Waals surface area contributed by atoms with Gasteiger partial charge in [-0.2, -0.15) is 0 Å². The molecule has 190 valence electrons. The summed E-state index contributed by atoms with van der Waals surface area (Å²) in [5.74, 6) is 0.0497. The van der Waals surface area contributed by atoms with Gasteiger partial charge in [-0.1, -0.05) is 84.4 Å².